The first-order valence-corrected chi connectivity index (χ1v) is 11.5. The van der Waals surface area contributed by atoms with Crippen molar-refractivity contribution in [2.45, 2.75) is 12.7 Å². The molecular formula is C23H27F3N4O5. The number of aromatic hydroxyl groups is 2. The van der Waals surface area contributed by atoms with E-state index < -0.39 is 29.6 Å². The quantitative estimate of drug-likeness (QED) is 0.672. The molecule has 0 radical (unpaired) electrons. The summed E-state index contributed by atoms with van der Waals surface area (Å²) in [5, 5.41) is 19.3. The first-order valence-electron chi connectivity index (χ1n) is 11.5. The van der Waals surface area contributed by atoms with Gasteiger partial charge in [0.25, 0.3) is 0 Å². The van der Waals surface area contributed by atoms with Gasteiger partial charge < -0.3 is 29.6 Å². The van der Waals surface area contributed by atoms with Crippen LogP contribution < -0.4 is 9.74 Å². The standard InChI is InChI=1S/C23H27F3N4O5/c24-23(25,26)19-9-18(28-5-7-34-8-6-28)2-1-15(19)10-27-11-16-13-29(14-17(16)12-27)22(33)35-30-20(31)3-4-21(30)32/h1-4,9,16-17,31-32H,5-8,10-14H2. The van der Waals surface area contributed by atoms with Crippen molar-refractivity contribution >= 4 is 11.8 Å². The third-order valence-corrected chi connectivity index (χ3v) is 6.96. The minimum atomic E-state index is -4.45. The number of ether oxygens (including phenoxy) is 1. The van der Waals surface area contributed by atoms with E-state index in [0.29, 0.717) is 62.9 Å². The van der Waals surface area contributed by atoms with Crippen LogP contribution in [0.4, 0.5) is 23.7 Å². The number of carbonyl (C=O) groups is 1. The summed E-state index contributed by atoms with van der Waals surface area (Å²) in [4.78, 5) is 22.9. The van der Waals surface area contributed by atoms with E-state index in [1.807, 2.05) is 9.80 Å². The summed E-state index contributed by atoms with van der Waals surface area (Å²) < 4.78 is 47.6. The van der Waals surface area contributed by atoms with Gasteiger partial charge in [0.05, 0.1) is 18.8 Å². The number of aromatic nitrogens is 1. The van der Waals surface area contributed by atoms with Crippen LogP contribution in [0, 0.1) is 11.8 Å². The van der Waals surface area contributed by atoms with Crippen LogP contribution in [0.15, 0.2) is 30.3 Å². The molecule has 1 aromatic heterocycles. The Bertz CT molecular complexity index is 1050. The van der Waals surface area contributed by atoms with Crippen LogP contribution in [0.25, 0.3) is 0 Å². The molecule has 12 heteroatoms. The van der Waals surface area contributed by atoms with Gasteiger partial charge >= 0.3 is 12.3 Å². The van der Waals surface area contributed by atoms with Crippen LogP contribution in [0.3, 0.4) is 0 Å². The lowest BCUT2D eigenvalue weighted by Crippen LogP contribution is -2.37. The molecule has 3 saturated heterocycles. The summed E-state index contributed by atoms with van der Waals surface area (Å²) in [6.45, 7) is 4.23. The summed E-state index contributed by atoms with van der Waals surface area (Å²) in [5.74, 6) is -0.587. The number of nitrogens with zero attached hydrogens (tertiary/aromatic N) is 4. The van der Waals surface area contributed by atoms with Gasteiger partial charge in [0.2, 0.25) is 11.8 Å². The van der Waals surface area contributed by atoms with E-state index >= 15 is 0 Å². The second-order valence-corrected chi connectivity index (χ2v) is 9.26. The Hall–Kier alpha value is -3.12. The van der Waals surface area contributed by atoms with Crippen molar-refractivity contribution in [1.29, 1.82) is 0 Å². The predicted octanol–water partition coefficient (Wildman–Crippen LogP) is 2.37. The first kappa shape index (κ1) is 23.6. The molecule has 35 heavy (non-hydrogen) atoms. The zero-order valence-electron chi connectivity index (χ0n) is 18.9. The highest BCUT2D eigenvalue weighted by Gasteiger charge is 2.43. The molecule has 2 unspecified atom stereocenters. The van der Waals surface area contributed by atoms with E-state index in [1.54, 1.807) is 12.1 Å². The lowest BCUT2D eigenvalue weighted by atomic mass is 10.0. The second kappa shape index (κ2) is 9.15. The van der Waals surface area contributed by atoms with Gasteiger partial charge in [0.1, 0.15) is 0 Å². The van der Waals surface area contributed by atoms with Crippen LogP contribution in [-0.4, -0.2) is 83.3 Å². The van der Waals surface area contributed by atoms with Gasteiger partial charge in [-0.15, -0.1) is 4.73 Å². The summed E-state index contributed by atoms with van der Waals surface area (Å²) in [6.07, 6.45) is -5.16. The number of halogens is 3. The Labute approximate surface area is 199 Å². The molecule has 3 fully saturated rings. The smallest absolute Gasteiger partial charge is 0.434 e. The number of morpholine rings is 1. The van der Waals surface area contributed by atoms with Crippen molar-refractivity contribution in [2.24, 2.45) is 11.8 Å². The minimum absolute atomic E-state index is 0.108. The molecule has 3 aliphatic rings. The molecule has 1 amide bonds. The number of amides is 1. The van der Waals surface area contributed by atoms with Crippen molar-refractivity contribution in [1.82, 2.24) is 14.5 Å². The number of rotatable bonds is 4. The predicted molar refractivity (Wildman–Crippen MR) is 118 cm³/mol. The molecule has 2 N–H and O–H groups in total. The summed E-state index contributed by atoms with van der Waals surface area (Å²) in [6, 6.07) is 6.95. The highest BCUT2D eigenvalue weighted by atomic mass is 19.4. The third kappa shape index (κ3) is 4.85. The maximum atomic E-state index is 13.9. The van der Waals surface area contributed by atoms with Crippen LogP contribution in [-0.2, 0) is 17.5 Å². The van der Waals surface area contributed by atoms with Gasteiger partial charge in [-0.05, 0) is 29.5 Å². The van der Waals surface area contributed by atoms with Crippen LogP contribution in [0.2, 0.25) is 0 Å². The molecular weight excluding hydrogens is 469 g/mol. The average molecular weight is 496 g/mol. The van der Waals surface area contributed by atoms with Crippen molar-refractivity contribution < 1.29 is 37.8 Å². The molecule has 3 aliphatic heterocycles. The fourth-order valence-electron chi connectivity index (χ4n) is 5.22. The highest BCUT2D eigenvalue weighted by molar-refractivity contribution is 5.68. The van der Waals surface area contributed by atoms with E-state index in [0.717, 1.165) is 0 Å². The lowest BCUT2D eigenvalue weighted by Gasteiger charge is -2.30. The van der Waals surface area contributed by atoms with Gasteiger partial charge in [0, 0.05) is 63.6 Å². The number of hydrogen-bond donors (Lipinski definition) is 2. The second-order valence-electron chi connectivity index (χ2n) is 9.26. The molecule has 2 atom stereocenters. The Kier molecular flexibility index (Phi) is 6.18. The number of anilines is 1. The van der Waals surface area contributed by atoms with Gasteiger partial charge in [-0.1, -0.05) is 6.07 Å². The molecule has 1 aromatic carbocycles. The Morgan fingerprint density at radius 3 is 2.23 bits per heavy atom. The molecule has 0 aliphatic carbocycles. The van der Waals surface area contributed by atoms with Crippen LogP contribution >= 0.6 is 0 Å². The zero-order valence-corrected chi connectivity index (χ0v) is 18.9. The van der Waals surface area contributed by atoms with Gasteiger partial charge in [0.15, 0.2) is 0 Å². The Morgan fingerprint density at radius 1 is 1.00 bits per heavy atom. The van der Waals surface area contributed by atoms with E-state index in [-0.39, 0.29) is 23.9 Å². The fraction of sp³-hybridized carbons (Fsp3) is 0.522. The third-order valence-electron chi connectivity index (χ3n) is 6.96. The van der Waals surface area contributed by atoms with Crippen LogP contribution in [0.5, 0.6) is 11.8 Å². The molecule has 0 spiro atoms. The molecule has 5 rings (SSSR count). The van der Waals surface area contributed by atoms with E-state index in [1.165, 1.54) is 23.1 Å². The number of benzene rings is 1. The normalized spacial score (nSPS) is 23.1. The molecule has 2 aromatic rings. The summed E-state index contributed by atoms with van der Waals surface area (Å²) in [5.41, 5.74) is 0.177. The topological polar surface area (TPSA) is 90.6 Å². The molecule has 4 heterocycles. The van der Waals surface area contributed by atoms with E-state index in [9.17, 15) is 28.2 Å². The van der Waals surface area contributed by atoms with Gasteiger partial charge in [-0.25, -0.2) is 4.79 Å². The van der Waals surface area contributed by atoms with Gasteiger partial charge in [-0.3, -0.25) is 4.90 Å². The Balaban J connectivity index is 1.22. The minimum Gasteiger partial charge on any atom is -0.492 e. The SMILES string of the molecule is O=C(On1c(O)ccc1O)N1CC2CN(Cc3ccc(N4CCOCC4)cc3C(F)(F)F)CC2C1. The van der Waals surface area contributed by atoms with Crippen molar-refractivity contribution in [3.63, 3.8) is 0 Å². The average Bonchev–Trinajstić information content (AvgIpc) is 3.48. The van der Waals surface area contributed by atoms with Crippen molar-refractivity contribution in [3.8, 4) is 11.8 Å². The fourth-order valence-corrected chi connectivity index (χ4v) is 5.22. The number of alkyl halides is 3. The summed E-state index contributed by atoms with van der Waals surface area (Å²) >= 11 is 0. The van der Waals surface area contributed by atoms with Crippen molar-refractivity contribution in [2.75, 3.05) is 57.4 Å². The first-order chi connectivity index (χ1) is 16.7. The van der Waals surface area contributed by atoms with Crippen molar-refractivity contribution in [3.05, 3.63) is 41.5 Å². The number of carbonyl (C=O) groups excluding carboxylic acids is 1. The number of fused-ring (bicyclic) bond motifs is 1. The molecule has 9 nitrogen and oxygen atoms in total. The Morgan fingerprint density at radius 2 is 1.63 bits per heavy atom. The summed E-state index contributed by atoms with van der Waals surface area (Å²) in [7, 11) is 0. The van der Waals surface area contributed by atoms with Gasteiger partial charge in [-0.2, -0.15) is 13.2 Å². The number of likely N-dealkylation sites (tertiary alicyclic amines) is 2. The zero-order chi connectivity index (χ0) is 24.7. The van der Waals surface area contributed by atoms with E-state index in [2.05, 4.69) is 0 Å². The molecule has 0 bridgehead atoms. The maximum Gasteiger partial charge on any atom is 0.434 e. The monoisotopic (exact) mass is 496 g/mol. The van der Waals surface area contributed by atoms with Crippen LogP contribution in [0.1, 0.15) is 11.1 Å². The largest absolute Gasteiger partial charge is 0.492 e. The maximum absolute atomic E-state index is 13.9. The van der Waals surface area contributed by atoms with E-state index in [4.69, 9.17) is 9.57 Å². The molecule has 0 saturated carbocycles. The molecule has 190 valence electrons. The highest BCUT2D eigenvalue weighted by Crippen LogP contribution is 2.37. The number of hydrogen-bond acceptors (Lipinski definition) is 7. The lowest BCUT2D eigenvalue weighted by molar-refractivity contribution is -0.138.